The molecule has 184 valence electrons. The van der Waals surface area contributed by atoms with E-state index < -0.39 is 5.91 Å². The quantitative estimate of drug-likeness (QED) is 0.360. The van der Waals surface area contributed by atoms with Crippen LogP contribution in [0.2, 0.25) is 0 Å². The van der Waals surface area contributed by atoms with Gasteiger partial charge in [-0.3, -0.25) is 9.59 Å². The highest BCUT2D eigenvalue weighted by molar-refractivity contribution is 6.11. The number of hydrogen-bond donors (Lipinski definition) is 1. The Balaban J connectivity index is 1.60. The highest BCUT2D eigenvalue weighted by Crippen LogP contribution is 2.29. The molecule has 0 atom stereocenters. The number of oxazole rings is 1. The summed E-state index contributed by atoms with van der Waals surface area (Å²) < 4.78 is 16.3. The molecule has 0 aliphatic heterocycles. The molecule has 0 radical (unpaired) electrons. The zero-order valence-corrected chi connectivity index (χ0v) is 20.4. The lowest BCUT2D eigenvalue weighted by atomic mass is 10.0. The SMILES string of the molecule is CCN(C(=O)c1ccccc1-c1ocnc1C(=O)NCc1ccc(OC)cc1OC)c1ccccc1. The van der Waals surface area contributed by atoms with Gasteiger partial charge in [0.2, 0.25) is 0 Å². The van der Waals surface area contributed by atoms with Crippen LogP contribution in [0.15, 0.2) is 83.6 Å². The van der Waals surface area contributed by atoms with Crippen LogP contribution in [0.25, 0.3) is 11.3 Å². The van der Waals surface area contributed by atoms with Gasteiger partial charge >= 0.3 is 0 Å². The van der Waals surface area contributed by atoms with Gasteiger partial charge in [-0.1, -0.05) is 36.4 Å². The number of carbonyl (C=O) groups excluding carboxylic acids is 2. The third-order valence-electron chi connectivity index (χ3n) is 5.75. The molecule has 0 aliphatic rings. The Kier molecular flexibility index (Phi) is 7.65. The van der Waals surface area contributed by atoms with Crippen LogP contribution < -0.4 is 19.7 Å². The molecular weight excluding hydrogens is 458 g/mol. The van der Waals surface area contributed by atoms with E-state index >= 15 is 0 Å². The first kappa shape index (κ1) is 24.5. The molecule has 0 aliphatic carbocycles. The first-order chi connectivity index (χ1) is 17.6. The summed E-state index contributed by atoms with van der Waals surface area (Å²) in [6, 6.07) is 21.8. The third kappa shape index (κ3) is 5.07. The van der Waals surface area contributed by atoms with Gasteiger partial charge in [0.05, 0.1) is 19.8 Å². The molecule has 0 saturated carbocycles. The number of ether oxygens (including phenoxy) is 2. The van der Waals surface area contributed by atoms with E-state index in [9.17, 15) is 9.59 Å². The number of carbonyl (C=O) groups is 2. The molecule has 0 bridgehead atoms. The minimum absolute atomic E-state index is 0.0884. The Labute approximate surface area is 209 Å². The number of amides is 2. The molecule has 8 heteroatoms. The maximum atomic E-state index is 13.5. The van der Waals surface area contributed by atoms with Gasteiger partial charge in [0, 0.05) is 36.0 Å². The molecule has 4 rings (SSSR count). The highest BCUT2D eigenvalue weighted by atomic mass is 16.5. The number of aromatic nitrogens is 1. The zero-order valence-electron chi connectivity index (χ0n) is 20.4. The van der Waals surface area contributed by atoms with E-state index in [-0.39, 0.29) is 23.9 Å². The number of nitrogens with one attached hydrogen (secondary N) is 1. The Morgan fingerprint density at radius 2 is 1.72 bits per heavy atom. The van der Waals surface area contributed by atoms with Gasteiger partial charge in [-0.05, 0) is 37.3 Å². The Bertz CT molecular complexity index is 1350. The number of methoxy groups -OCH3 is 2. The monoisotopic (exact) mass is 485 g/mol. The number of anilines is 1. The van der Waals surface area contributed by atoms with Crippen molar-refractivity contribution in [3.8, 4) is 22.8 Å². The van der Waals surface area contributed by atoms with Crippen molar-refractivity contribution in [3.63, 3.8) is 0 Å². The summed E-state index contributed by atoms with van der Waals surface area (Å²) in [4.78, 5) is 32.5. The Morgan fingerprint density at radius 3 is 2.44 bits per heavy atom. The van der Waals surface area contributed by atoms with Gasteiger partial charge < -0.3 is 24.1 Å². The van der Waals surface area contributed by atoms with Gasteiger partial charge in [0.25, 0.3) is 11.8 Å². The third-order valence-corrected chi connectivity index (χ3v) is 5.75. The van der Waals surface area contributed by atoms with Crippen LogP contribution in [0, 0.1) is 0 Å². The standard InChI is InChI=1S/C28H27N3O5/c1-4-31(20-10-6-5-7-11-20)28(33)23-13-9-8-12-22(23)26-25(30-18-36-26)27(32)29-17-19-14-15-21(34-2)16-24(19)35-3/h5-16,18H,4,17H2,1-3H3,(H,29,32). The summed E-state index contributed by atoms with van der Waals surface area (Å²) in [5.74, 6) is 0.826. The molecule has 0 spiro atoms. The minimum Gasteiger partial charge on any atom is -0.497 e. The van der Waals surface area contributed by atoms with E-state index in [1.54, 1.807) is 55.5 Å². The average Bonchev–Trinajstić information content (AvgIpc) is 3.42. The number of nitrogens with zero attached hydrogens (tertiary/aromatic N) is 2. The fraction of sp³-hybridized carbons (Fsp3) is 0.179. The van der Waals surface area contributed by atoms with Crippen molar-refractivity contribution >= 4 is 17.5 Å². The molecular formula is C28H27N3O5. The minimum atomic E-state index is -0.436. The van der Waals surface area contributed by atoms with E-state index in [1.807, 2.05) is 43.3 Å². The number of rotatable bonds is 9. The summed E-state index contributed by atoms with van der Waals surface area (Å²) in [6.45, 7) is 2.59. The van der Waals surface area contributed by atoms with Crippen LogP contribution in [0.5, 0.6) is 11.5 Å². The van der Waals surface area contributed by atoms with Crippen molar-refractivity contribution in [1.82, 2.24) is 10.3 Å². The number of benzene rings is 3. The maximum Gasteiger partial charge on any atom is 0.274 e. The van der Waals surface area contributed by atoms with Crippen molar-refractivity contribution in [2.75, 3.05) is 25.7 Å². The van der Waals surface area contributed by atoms with Crippen LogP contribution in [-0.2, 0) is 6.54 Å². The second kappa shape index (κ2) is 11.2. The Morgan fingerprint density at radius 1 is 0.972 bits per heavy atom. The van der Waals surface area contributed by atoms with Crippen LogP contribution in [0.3, 0.4) is 0 Å². The van der Waals surface area contributed by atoms with Crippen molar-refractivity contribution in [1.29, 1.82) is 0 Å². The molecule has 1 heterocycles. The summed E-state index contributed by atoms with van der Waals surface area (Å²) in [5.41, 5.74) is 2.54. The smallest absolute Gasteiger partial charge is 0.274 e. The molecule has 8 nitrogen and oxygen atoms in total. The fourth-order valence-electron chi connectivity index (χ4n) is 3.92. The summed E-state index contributed by atoms with van der Waals surface area (Å²) in [7, 11) is 3.13. The van der Waals surface area contributed by atoms with Crippen molar-refractivity contribution < 1.29 is 23.5 Å². The van der Waals surface area contributed by atoms with Crippen molar-refractivity contribution in [3.05, 3.63) is 96.0 Å². The number of para-hydroxylation sites is 1. The van der Waals surface area contributed by atoms with Gasteiger partial charge in [0.15, 0.2) is 17.8 Å². The molecule has 0 fully saturated rings. The first-order valence-corrected chi connectivity index (χ1v) is 11.5. The van der Waals surface area contributed by atoms with Crippen LogP contribution in [0.4, 0.5) is 5.69 Å². The van der Waals surface area contributed by atoms with E-state index in [0.717, 1.165) is 11.3 Å². The lowest BCUT2D eigenvalue weighted by molar-refractivity contribution is 0.0944. The summed E-state index contributed by atoms with van der Waals surface area (Å²) in [5, 5.41) is 2.85. The van der Waals surface area contributed by atoms with E-state index in [1.165, 1.54) is 6.39 Å². The lowest BCUT2D eigenvalue weighted by Gasteiger charge is -2.22. The molecule has 3 aromatic carbocycles. The molecule has 0 unspecified atom stereocenters. The van der Waals surface area contributed by atoms with E-state index in [2.05, 4.69) is 10.3 Å². The Hall–Kier alpha value is -4.59. The second-order valence-corrected chi connectivity index (χ2v) is 7.82. The van der Waals surface area contributed by atoms with Gasteiger partial charge in [-0.25, -0.2) is 4.98 Å². The number of hydrogen-bond acceptors (Lipinski definition) is 6. The van der Waals surface area contributed by atoms with Gasteiger partial charge in [-0.2, -0.15) is 0 Å². The molecule has 36 heavy (non-hydrogen) atoms. The van der Waals surface area contributed by atoms with Crippen LogP contribution >= 0.6 is 0 Å². The molecule has 2 amide bonds. The molecule has 0 saturated heterocycles. The van der Waals surface area contributed by atoms with E-state index in [0.29, 0.717) is 29.2 Å². The van der Waals surface area contributed by atoms with E-state index in [4.69, 9.17) is 13.9 Å². The highest BCUT2D eigenvalue weighted by Gasteiger charge is 2.25. The fourth-order valence-corrected chi connectivity index (χ4v) is 3.92. The zero-order chi connectivity index (χ0) is 25.5. The maximum absolute atomic E-state index is 13.5. The topological polar surface area (TPSA) is 93.9 Å². The molecule has 1 aromatic heterocycles. The summed E-state index contributed by atoms with van der Waals surface area (Å²) in [6.07, 6.45) is 1.20. The van der Waals surface area contributed by atoms with Crippen molar-refractivity contribution in [2.24, 2.45) is 0 Å². The molecule has 1 N–H and O–H groups in total. The van der Waals surface area contributed by atoms with Crippen molar-refractivity contribution in [2.45, 2.75) is 13.5 Å². The van der Waals surface area contributed by atoms with Gasteiger partial charge in [-0.15, -0.1) is 0 Å². The average molecular weight is 486 g/mol. The van der Waals surface area contributed by atoms with Gasteiger partial charge in [0.1, 0.15) is 11.5 Å². The second-order valence-electron chi connectivity index (χ2n) is 7.82. The largest absolute Gasteiger partial charge is 0.497 e. The first-order valence-electron chi connectivity index (χ1n) is 11.5. The summed E-state index contributed by atoms with van der Waals surface area (Å²) >= 11 is 0. The predicted octanol–water partition coefficient (Wildman–Crippen LogP) is 4.96. The van der Waals surface area contributed by atoms with Crippen LogP contribution in [-0.4, -0.2) is 37.6 Å². The predicted molar refractivity (Wildman–Crippen MR) is 136 cm³/mol. The lowest BCUT2D eigenvalue weighted by Crippen LogP contribution is -2.31. The van der Waals surface area contributed by atoms with Crippen LogP contribution in [0.1, 0.15) is 33.3 Å². The normalized spacial score (nSPS) is 10.5. The molecule has 4 aromatic rings.